The van der Waals surface area contributed by atoms with Gasteiger partial charge in [-0.15, -0.1) is 0 Å². The van der Waals surface area contributed by atoms with E-state index in [9.17, 15) is 8.78 Å². The van der Waals surface area contributed by atoms with Crippen LogP contribution in [0.2, 0.25) is 0 Å². The second kappa shape index (κ2) is 5.57. The summed E-state index contributed by atoms with van der Waals surface area (Å²) in [6.45, 7) is 1.88. The Balaban J connectivity index is 2.17. The van der Waals surface area contributed by atoms with Gasteiger partial charge in [-0.1, -0.05) is 0 Å². The summed E-state index contributed by atoms with van der Waals surface area (Å²) < 4.78 is 26.5. The van der Waals surface area contributed by atoms with Gasteiger partial charge in [0, 0.05) is 17.7 Å². The summed E-state index contributed by atoms with van der Waals surface area (Å²) in [5, 5.41) is 2.92. The summed E-state index contributed by atoms with van der Waals surface area (Å²) in [5.41, 5.74) is 3.35. The van der Waals surface area contributed by atoms with Gasteiger partial charge in [0.25, 0.3) is 0 Å². The normalized spacial score (nSPS) is 10.3. The molecule has 1 heterocycles. The minimum Gasteiger partial charge on any atom is -0.365 e. The molecule has 0 radical (unpaired) electrons. The monoisotopic (exact) mass is 265 g/mol. The van der Waals surface area contributed by atoms with Crippen LogP contribution in [0.1, 0.15) is 11.1 Å². The van der Waals surface area contributed by atoms with Crippen LogP contribution in [0.3, 0.4) is 0 Å². The third kappa shape index (κ3) is 2.94. The van der Waals surface area contributed by atoms with Crippen LogP contribution in [-0.2, 0) is 6.54 Å². The summed E-state index contributed by atoms with van der Waals surface area (Å²) in [4.78, 5) is 7.94. The van der Waals surface area contributed by atoms with Crippen molar-refractivity contribution in [3.63, 3.8) is 0 Å². The van der Waals surface area contributed by atoms with E-state index in [2.05, 4.69) is 20.7 Å². The van der Waals surface area contributed by atoms with Crippen LogP contribution in [0.15, 0.2) is 24.5 Å². The molecule has 0 unspecified atom stereocenters. The molecule has 0 fully saturated rings. The molecule has 0 saturated heterocycles. The second-order valence-corrected chi connectivity index (χ2v) is 3.93. The molecular weight excluding hydrogens is 252 g/mol. The number of nitrogens with one attached hydrogen (secondary N) is 2. The van der Waals surface area contributed by atoms with Gasteiger partial charge in [0.1, 0.15) is 29.6 Å². The van der Waals surface area contributed by atoms with Gasteiger partial charge in [-0.05, 0) is 25.1 Å². The molecule has 19 heavy (non-hydrogen) atoms. The number of nitrogens with two attached hydrogens (primary N) is 1. The van der Waals surface area contributed by atoms with Gasteiger partial charge >= 0.3 is 0 Å². The molecule has 0 aliphatic rings. The lowest BCUT2D eigenvalue weighted by molar-refractivity contribution is 0.587. The van der Waals surface area contributed by atoms with Crippen LogP contribution >= 0.6 is 0 Å². The molecule has 5 nitrogen and oxygen atoms in total. The number of rotatable bonds is 4. The maximum absolute atomic E-state index is 13.4. The quantitative estimate of drug-likeness (QED) is 0.582. The van der Waals surface area contributed by atoms with Crippen LogP contribution in [0, 0.1) is 18.6 Å². The van der Waals surface area contributed by atoms with Crippen LogP contribution in [0.5, 0.6) is 0 Å². The highest BCUT2D eigenvalue weighted by Crippen LogP contribution is 2.18. The minimum atomic E-state index is -0.484. The number of halogens is 2. The lowest BCUT2D eigenvalue weighted by atomic mass is 10.2. The fourth-order valence-corrected chi connectivity index (χ4v) is 1.63. The fourth-order valence-electron chi connectivity index (χ4n) is 1.63. The zero-order valence-corrected chi connectivity index (χ0v) is 10.2. The first-order valence-corrected chi connectivity index (χ1v) is 5.58. The third-order valence-electron chi connectivity index (χ3n) is 2.67. The zero-order chi connectivity index (χ0) is 13.8. The van der Waals surface area contributed by atoms with E-state index < -0.39 is 11.6 Å². The predicted molar refractivity (Wildman–Crippen MR) is 68.3 cm³/mol. The number of hydrazine groups is 1. The highest BCUT2D eigenvalue weighted by Gasteiger charge is 2.08. The summed E-state index contributed by atoms with van der Waals surface area (Å²) >= 11 is 0. The van der Waals surface area contributed by atoms with E-state index in [-0.39, 0.29) is 12.1 Å². The van der Waals surface area contributed by atoms with E-state index in [0.29, 0.717) is 17.2 Å². The zero-order valence-electron chi connectivity index (χ0n) is 10.2. The lowest BCUT2D eigenvalue weighted by Gasteiger charge is -2.11. The summed E-state index contributed by atoms with van der Waals surface area (Å²) in [5.74, 6) is 5.31. The Labute approximate surface area is 108 Å². The van der Waals surface area contributed by atoms with Gasteiger partial charge in [-0.25, -0.2) is 24.6 Å². The molecule has 4 N–H and O–H groups in total. The highest BCUT2D eigenvalue weighted by atomic mass is 19.1. The van der Waals surface area contributed by atoms with Crippen molar-refractivity contribution in [3.05, 3.63) is 47.3 Å². The van der Waals surface area contributed by atoms with Crippen molar-refractivity contribution in [3.8, 4) is 0 Å². The maximum Gasteiger partial charge on any atom is 0.148 e. The van der Waals surface area contributed by atoms with Crippen molar-refractivity contribution in [2.24, 2.45) is 5.84 Å². The van der Waals surface area contributed by atoms with Crippen LogP contribution < -0.4 is 16.6 Å². The average molecular weight is 265 g/mol. The van der Waals surface area contributed by atoms with E-state index in [4.69, 9.17) is 5.84 Å². The predicted octanol–water partition coefficient (Wildman–Crippen LogP) is 1.96. The molecule has 0 bridgehead atoms. The number of nitrogen functional groups attached to an aromatic ring is 1. The van der Waals surface area contributed by atoms with Gasteiger partial charge in [-0.3, -0.25) is 0 Å². The van der Waals surface area contributed by atoms with Crippen LogP contribution in [0.4, 0.5) is 20.4 Å². The van der Waals surface area contributed by atoms with E-state index in [1.807, 2.05) is 0 Å². The Morgan fingerprint density at radius 1 is 1.21 bits per heavy atom. The van der Waals surface area contributed by atoms with Crippen molar-refractivity contribution in [1.29, 1.82) is 0 Å². The molecule has 7 heteroatoms. The molecular formula is C12H13F2N5. The first-order valence-electron chi connectivity index (χ1n) is 5.58. The van der Waals surface area contributed by atoms with Crippen LogP contribution in [0.25, 0.3) is 0 Å². The highest BCUT2D eigenvalue weighted by molar-refractivity contribution is 5.55. The molecule has 0 aliphatic carbocycles. The minimum absolute atomic E-state index is 0.117. The van der Waals surface area contributed by atoms with E-state index in [0.717, 1.165) is 18.2 Å². The van der Waals surface area contributed by atoms with E-state index in [1.54, 1.807) is 6.92 Å². The Hall–Kier alpha value is -2.28. The molecule has 2 rings (SSSR count). The van der Waals surface area contributed by atoms with Crippen LogP contribution in [-0.4, -0.2) is 9.97 Å². The van der Waals surface area contributed by atoms with Gasteiger partial charge in [0.2, 0.25) is 0 Å². The summed E-state index contributed by atoms with van der Waals surface area (Å²) in [7, 11) is 0. The first-order chi connectivity index (χ1) is 9.11. The Bertz CT molecular complexity index is 588. The molecule has 2 aromatic rings. The van der Waals surface area contributed by atoms with Crippen molar-refractivity contribution in [1.82, 2.24) is 9.97 Å². The molecule has 0 saturated carbocycles. The Morgan fingerprint density at radius 3 is 2.68 bits per heavy atom. The number of hydrogen-bond donors (Lipinski definition) is 3. The SMILES string of the molecule is Cc1c(NN)ncnc1NCc1cc(F)ccc1F. The summed E-state index contributed by atoms with van der Waals surface area (Å²) in [6, 6.07) is 3.30. The van der Waals surface area contributed by atoms with Crippen molar-refractivity contribution in [2.75, 3.05) is 10.7 Å². The molecule has 0 spiro atoms. The second-order valence-electron chi connectivity index (χ2n) is 3.93. The Kier molecular flexibility index (Phi) is 3.86. The number of benzene rings is 1. The van der Waals surface area contributed by atoms with E-state index >= 15 is 0 Å². The molecule has 0 aliphatic heterocycles. The third-order valence-corrected chi connectivity index (χ3v) is 2.67. The molecule has 100 valence electrons. The van der Waals surface area contributed by atoms with E-state index in [1.165, 1.54) is 6.33 Å². The first kappa shape index (κ1) is 13.2. The molecule has 1 aromatic carbocycles. The van der Waals surface area contributed by atoms with Gasteiger partial charge < -0.3 is 10.7 Å². The molecule has 0 amide bonds. The number of nitrogens with zero attached hydrogens (tertiary/aromatic N) is 2. The number of anilines is 2. The standard InChI is InChI=1S/C12H13F2N5/c1-7-11(17-6-18-12(7)19-15)16-5-8-4-9(13)2-3-10(8)14/h2-4,6H,5,15H2,1H3,(H2,16,17,18,19). The van der Waals surface area contributed by atoms with Crippen molar-refractivity contribution in [2.45, 2.75) is 13.5 Å². The average Bonchev–Trinajstić information content (AvgIpc) is 2.41. The Morgan fingerprint density at radius 2 is 1.95 bits per heavy atom. The van der Waals surface area contributed by atoms with Gasteiger partial charge in [0.15, 0.2) is 0 Å². The van der Waals surface area contributed by atoms with Gasteiger partial charge in [0.05, 0.1) is 0 Å². The van der Waals surface area contributed by atoms with Crippen molar-refractivity contribution < 1.29 is 8.78 Å². The lowest BCUT2D eigenvalue weighted by Crippen LogP contribution is -2.13. The summed E-state index contributed by atoms with van der Waals surface area (Å²) in [6.07, 6.45) is 1.33. The maximum atomic E-state index is 13.4. The molecule has 1 aromatic heterocycles. The molecule has 0 atom stereocenters. The fraction of sp³-hybridized carbons (Fsp3) is 0.167. The van der Waals surface area contributed by atoms with Crippen molar-refractivity contribution >= 4 is 11.6 Å². The topological polar surface area (TPSA) is 75.9 Å². The smallest absolute Gasteiger partial charge is 0.148 e. The number of aromatic nitrogens is 2. The largest absolute Gasteiger partial charge is 0.365 e. The number of hydrogen-bond acceptors (Lipinski definition) is 5. The van der Waals surface area contributed by atoms with Gasteiger partial charge in [-0.2, -0.15) is 0 Å².